The summed E-state index contributed by atoms with van der Waals surface area (Å²) in [5.74, 6) is 2.54. The number of para-hydroxylation sites is 1. The van der Waals surface area contributed by atoms with Crippen LogP contribution in [0.3, 0.4) is 0 Å². The van der Waals surface area contributed by atoms with Crippen molar-refractivity contribution in [1.82, 2.24) is 14.1 Å². The molecule has 3 aromatic heterocycles. The second-order valence-corrected chi connectivity index (χ2v) is 23.4. The number of nitrogens with zero attached hydrogens (tertiary/aromatic N) is 4. The summed E-state index contributed by atoms with van der Waals surface area (Å²) in [7, 11) is 0. The van der Waals surface area contributed by atoms with Crippen LogP contribution in [0.25, 0.3) is 61.3 Å². The average Bonchev–Trinajstić information content (AvgIpc) is 4.20. The molecule has 0 saturated carbocycles. The number of rotatable bonds is 13. The third-order valence-electron chi connectivity index (χ3n) is 15.7. The fourth-order valence-electron chi connectivity index (χ4n) is 11.1. The van der Waals surface area contributed by atoms with Crippen LogP contribution >= 0.6 is 0 Å². The van der Waals surface area contributed by atoms with Gasteiger partial charge in [0.1, 0.15) is 5.82 Å². The van der Waals surface area contributed by atoms with E-state index in [2.05, 4.69) is 297 Å². The van der Waals surface area contributed by atoms with Crippen LogP contribution in [-0.4, -0.2) is 14.1 Å². The molecular formula is C72H68N4OPt-2. The summed E-state index contributed by atoms with van der Waals surface area (Å²) in [5.41, 5.74) is 16.1. The van der Waals surface area contributed by atoms with Gasteiger partial charge in [-0.1, -0.05) is 215 Å². The van der Waals surface area contributed by atoms with Crippen LogP contribution in [0, 0.1) is 18.5 Å². The van der Waals surface area contributed by atoms with Crippen LogP contribution in [-0.2, 0) is 37.3 Å². The Labute approximate surface area is 476 Å². The Balaban J connectivity index is 0.00000688. The Morgan fingerprint density at radius 2 is 1.13 bits per heavy atom. The molecule has 8 aromatic carbocycles. The SMILES string of the molecule is CC(C)c1cccc(C(C)C)c1-c1cc(Oc2[c-]c3c(cc2)c2ccccc2n3-c2cc(C(C)(C)c3ccccc3)ccn2)[c-]c(-n2[c-][n+](-c3cc(-c4ccccc4)cc(C(C)(C)c4ccccc4)c3)cc2C(C)(C)C)c1.[Pt]. The first-order valence-electron chi connectivity index (χ1n) is 27.2. The summed E-state index contributed by atoms with van der Waals surface area (Å²) in [5, 5.41) is 2.19. The van der Waals surface area contributed by atoms with Crippen molar-refractivity contribution in [2.45, 2.75) is 104 Å². The summed E-state index contributed by atoms with van der Waals surface area (Å²) in [6.07, 6.45) is 8.06. The Hall–Kier alpha value is -7.59. The van der Waals surface area contributed by atoms with Gasteiger partial charge in [-0.15, -0.1) is 35.2 Å². The smallest absolute Gasteiger partial charge is 0.267 e. The fraction of sp³-hybridized carbons (Fsp3) is 0.222. The standard InChI is InChI=1S/C72H68N4O.Pt/c1-48(2)61-31-23-32-62(49(3)4)69(61)52-40-58(75-47-74(46-67(75)70(5,6)7)57-39-51(50-24-15-12-16-25-50)38-56(42-57)72(10,11)54-28-19-14-20-29-54)44-60(41-52)77-59-34-35-64-63-30-21-22-33-65(63)76(66(64)45-59)68-43-55(36-37-73-68)71(8,9)53-26-17-13-18-27-53;/h12-43,46,48-49H,1-11H3;/q-2;. The predicted molar refractivity (Wildman–Crippen MR) is 317 cm³/mol. The van der Waals surface area contributed by atoms with Crippen molar-refractivity contribution in [1.29, 1.82) is 0 Å². The number of fused-ring (bicyclic) bond motifs is 3. The predicted octanol–water partition coefficient (Wildman–Crippen LogP) is 18.0. The molecule has 0 unspecified atom stereocenters. The molecule has 0 spiro atoms. The molecule has 11 aromatic rings. The van der Waals surface area contributed by atoms with E-state index in [1.807, 2.05) is 12.3 Å². The van der Waals surface area contributed by atoms with Crippen LogP contribution in [0.1, 0.15) is 127 Å². The molecule has 0 radical (unpaired) electrons. The number of hydrogen-bond acceptors (Lipinski definition) is 2. The fourth-order valence-corrected chi connectivity index (χ4v) is 11.1. The number of ether oxygens (including phenoxy) is 1. The van der Waals surface area contributed by atoms with E-state index >= 15 is 0 Å². The number of imidazole rings is 1. The minimum absolute atomic E-state index is 0. The number of hydrogen-bond donors (Lipinski definition) is 0. The normalized spacial score (nSPS) is 12.2. The molecule has 0 saturated heterocycles. The van der Waals surface area contributed by atoms with Gasteiger partial charge in [0.05, 0.1) is 11.4 Å². The van der Waals surface area contributed by atoms with E-state index < -0.39 is 0 Å². The average molecular weight is 1200 g/mol. The zero-order valence-corrected chi connectivity index (χ0v) is 49.0. The monoisotopic (exact) mass is 1200 g/mol. The van der Waals surface area contributed by atoms with Crippen molar-refractivity contribution >= 4 is 21.8 Å². The Bertz CT molecular complexity index is 3910. The quantitative estimate of drug-likeness (QED) is 0.0852. The van der Waals surface area contributed by atoms with Crippen molar-refractivity contribution in [2.75, 3.05) is 0 Å². The van der Waals surface area contributed by atoms with Gasteiger partial charge in [0.15, 0.2) is 0 Å². The first-order valence-corrected chi connectivity index (χ1v) is 27.2. The van der Waals surface area contributed by atoms with E-state index in [9.17, 15) is 0 Å². The van der Waals surface area contributed by atoms with Crippen molar-refractivity contribution in [3.05, 3.63) is 258 Å². The van der Waals surface area contributed by atoms with Crippen LogP contribution in [0.2, 0.25) is 0 Å². The molecule has 0 fully saturated rings. The van der Waals surface area contributed by atoms with Gasteiger partial charge < -0.3 is 13.9 Å². The third-order valence-corrected chi connectivity index (χ3v) is 15.7. The number of pyridine rings is 1. The van der Waals surface area contributed by atoms with E-state index in [-0.39, 0.29) is 49.1 Å². The molecule has 3 heterocycles. The summed E-state index contributed by atoms with van der Waals surface area (Å²) in [6, 6.07) is 75.0. The molecule has 78 heavy (non-hydrogen) atoms. The molecule has 0 bridgehead atoms. The summed E-state index contributed by atoms with van der Waals surface area (Å²) < 4.78 is 13.7. The number of aromatic nitrogens is 4. The van der Waals surface area contributed by atoms with Crippen molar-refractivity contribution in [2.24, 2.45) is 0 Å². The van der Waals surface area contributed by atoms with Gasteiger partial charge in [0.25, 0.3) is 6.33 Å². The summed E-state index contributed by atoms with van der Waals surface area (Å²) in [4.78, 5) is 5.03. The van der Waals surface area contributed by atoms with Crippen LogP contribution in [0.5, 0.6) is 11.5 Å². The molecule has 0 aliphatic carbocycles. The second kappa shape index (κ2) is 21.3. The van der Waals surface area contributed by atoms with Gasteiger partial charge in [-0.25, -0.2) is 4.98 Å². The van der Waals surface area contributed by atoms with Gasteiger partial charge in [-0.2, -0.15) is 12.1 Å². The molecular weight excluding hydrogens is 1130 g/mol. The van der Waals surface area contributed by atoms with Gasteiger partial charge >= 0.3 is 0 Å². The number of benzene rings is 8. The topological polar surface area (TPSA) is 35.9 Å². The summed E-state index contributed by atoms with van der Waals surface area (Å²) >= 11 is 0. The minimum Gasteiger partial charge on any atom is -0.510 e. The molecule has 0 amide bonds. The molecule has 0 aliphatic heterocycles. The second-order valence-electron chi connectivity index (χ2n) is 23.4. The molecule has 6 heteroatoms. The van der Waals surface area contributed by atoms with E-state index in [0.29, 0.717) is 11.5 Å². The van der Waals surface area contributed by atoms with Crippen LogP contribution in [0.4, 0.5) is 0 Å². The van der Waals surface area contributed by atoms with Crippen molar-refractivity contribution < 1.29 is 30.4 Å². The zero-order valence-electron chi connectivity index (χ0n) is 46.7. The Kier molecular flexibility index (Phi) is 14.7. The third kappa shape index (κ3) is 10.2. The van der Waals surface area contributed by atoms with Gasteiger partial charge in [0, 0.05) is 61.3 Å². The largest absolute Gasteiger partial charge is 0.510 e. The minimum atomic E-state index is -0.289. The molecule has 0 aliphatic rings. The van der Waals surface area contributed by atoms with E-state index in [4.69, 9.17) is 9.72 Å². The van der Waals surface area contributed by atoms with Gasteiger partial charge in [-0.3, -0.25) is 4.57 Å². The van der Waals surface area contributed by atoms with Crippen molar-refractivity contribution in [3.8, 4) is 50.9 Å². The Morgan fingerprint density at radius 3 is 1.77 bits per heavy atom. The van der Waals surface area contributed by atoms with Crippen LogP contribution < -0.4 is 9.30 Å². The first-order chi connectivity index (χ1) is 36.9. The van der Waals surface area contributed by atoms with E-state index in [1.54, 1.807) is 0 Å². The first kappa shape index (κ1) is 53.8. The maximum Gasteiger partial charge on any atom is 0.267 e. The van der Waals surface area contributed by atoms with Gasteiger partial charge in [-0.05, 0) is 109 Å². The van der Waals surface area contributed by atoms with E-state index in [0.717, 1.165) is 61.4 Å². The zero-order chi connectivity index (χ0) is 53.8. The van der Waals surface area contributed by atoms with E-state index in [1.165, 1.54) is 38.9 Å². The molecule has 0 atom stereocenters. The molecule has 11 rings (SSSR count). The summed E-state index contributed by atoms with van der Waals surface area (Å²) in [6.45, 7) is 25.1. The molecule has 5 nitrogen and oxygen atoms in total. The molecule has 394 valence electrons. The maximum absolute atomic E-state index is 7.13. The van der Waals surface area contributed by atoms with Crippen molar-refractivity contribution in [3.63, 3.8) is 0 Å². The Morgan fingerprint density at radius 1 is 0.513 bits per heavy atom. The maximum atomic E-state index is 7.13. The van der Waals surface area contributed by atoms with Crippen LogP contribution in [0.15, 0.2) is 200 Å². The molecule has 0 N–H and O–H groups in total. The van der Waals surface area contributed by atoms with Gasteiger partial charge in [0.2, 0.25) is 0 Å².